The zero-order chi connectivity index (χ0) is 27.2. The molecule has 0 unspecified atom stereocenters. The van der Waals surface area contributed by atoms with Crippen LogP contribution in [-0.4, -0.2) is 42.1 Å². The van der Waals surface area contributed by atoms with Gasteiger partial charge in [-0.05, 0) is 47.2 Å². The molecule has 0 atom stereocenters. The van der Waals surface area contributed by atoms with Crippen molar-refractivity contribution in [3.8, 4) is 0 Å². The first-order valence-corrected chi connectivity index (χ1v) is 15.0. The molecule has 1 aliphatic heterocycles. The van der Waals surface area contributed by atoms with Crippen LogP contribution >= 0.6 is 34.4 Å². The fourth-order valence-electron chi connectivity index (χ4n) is 4.41. The van der Waals surface area contributed by atoms with Crippen molar-refractivity contribution in [3.05, 3.63) is 98.6 Å². The second kappa shape index (κ2) is 12.6. The predicted molar refractivity (Wildman–Crippen MR) is 158 cm³/mol. The molecule has 0 aliphatic carbocycles. The molecule has 7 nitrogen and oxygen atoms in total. The molecular weight excluding hydrogens is 551 g/mol. The fourth-order valence-corrected chi connectivity index (χ4v) is 7.08. The number of fused-ring (bicyclic) bond motifs is 1. The van der Waals surface area contributed by atoms with E-state index >= 15 is 0 Å². The number of carbonyl (C=O) groups excluding carboxylic acids is 3. The number of rotatable bonds is 9. The van der Waals surface area contributed by atoms with Crippen molar-refractivity contribution in [3.63, 3.8) is 0 Å². The van der Waals surface area contributed by atoms with Gasteiger partial charge in [0.05, 0.1) is 23.3 Å². The highest BCUT2D eigenvalue weighted by atomic mass is 32.2. The van der Waals surface area contributed by atoms with Crippen LogP contribution in [0.5, 0.6) is 0 Å². The Labute approximate surface area is 239 Å². The minimum Gasteiger partial charge on any atom is -0.465 e. The van der Waals surface area contributed by atoms with Gasteiger partial charge >= 0.3 is 5.97 Å². The number of hydrogen-bond acceptors (Lipinski definition) is 8. The van der Waals surface area contributed by atoms with Gasteiger partial charge in [-0.3, -0.25) is 14.5 Å². The Bertz CT molecular complexity index is 1470. The molecule has 200 valence electrons. The van der Waals surface area contributed by atoms with Crippen LogP contribution in [0.4, 0.5) is 10.7 Å². The summed E-state index contributed by atoms with van der Waals surface area (Å²) < 4.78 is 5.07. The van der Waals surface area contributed by atoms with E-state index in [9.17, 15) is 14.4 Å². The second-order valence-electron chi connectivity index (χ2n) is 8.94. The van der Waals surface area contributed by atoms with E-state index in [-0.39, 0.29) is 17.6 Å². The van der Waals surface area contributed by atoms with E-state index in [1.165, 1.54) is 47.1 Å². The average molecular weight is 578 g/mol. The van der Waals surface area contributed by atoms with Crippen molar-refractivity contribution in [1.29, 1.82) is 0 Å². The lowest BCUT2D eigenvalue weighted by molar-refractivity contribution is -0.113. The first kappa shape index (κ1) is 27.1. The minimum absolute atomic E-state index is 0.158. The molecule has 39 heavy (non-hydrogen) atoms. The van der Waals surface area contributed by atoms with E-state index in [2.05, 4.69) is 27.7 Å². The molecule has 4 aromatic rings. The van der Waals surface area contributed by atoms with Gasteiger partial charge in [-0.25, -0.2) is 4.79 Å². The van der Waals surface area contributed by atoms with E-state index in [0.717, 1.165) is 34.8 Å². The number of amides is 2. The molecule has 0 fully saturated rings. The number of esters is 1. The highest BCUT2D eigenvalue weighted by Gasteiger charge is 2.29. The van der Waals surface area contributed by atoms with Crippen molar-refractivity contribution in [1.82, 2.24) is 4.90 Å². The number of nitrogens with zero attached hydrogens (tertiary/aromatic N) is 1. The SMILES string of the molecule is COC(=O)c1c(NC(=O)CSc2cccc(NC(=O)c3cccs3)c2)sc2c1CCN(Cc1ccccc1)C2. The van der Waals surface area contributed by atoms with E-state index in [1.54, 1.807) is 6.07 Å². The summed E-state index contributed by atoms with van der Waals surface area (Å²) in [6.45, 7) is 2.37. The number of thioether (sulfide) groups is 1. The summed E-state index contributed by atoms with van der Waals surface area (Å²) in [7, 11) is 1.36. The Kier molecular flexibility index (Phi) is 8.77. The van der Waals surface area contributed by atoms with Crippen LogP contribution in [0.1, 0.15) is 36.0 Å². The normalized spacial score (nSPS) is 12.9. The van der Waals surface area contributed by atoms with Gasteiger partial charge in [-0.2, -0.15) is 0 Å². The lowest BCUT2D eigenvalue weighted by atomic mass is 10.0. The molecule has 5 rings (SSSR count). The zero-order valence-electron chi connectivity index (χ0n) is 21.3. The van der Waals surface area contributed by atoms with E-state index in [0.29, 0.717) is 27.7 Å². The maximum absolute atomic E-state index is 12.9. The summed E-state index contributed by atoms with van der Waals surface area (Å²) in [5.41, 5.74) is 3.34. The minimum atomic E-state index is -0.429. The van der Waals surface area contributed by atoms with Crippen molar-refractivity contribution in [2.45, 2.75) is 24.4 Å². The number of ether oxygens (including phenoxy) is 1. The zero-order valence-corrected chi connectivity index (χ0v) is 23.7. The van der Waals surface area contributed by atoms with E-state index in [4.69, 9.17) is 4.74 Å². The van der Waals surface area contributed by atoms with E-state index in [1.807, 2.05) is 53.9 Å². The summed E-state index contributed by atoms with van der Waals surface area (Å²) in [6, 6.07) is 21.3. The molecule has 2 aromatic carbocycles. The van der Waals surface area contributed by atoms with E-state index < -0.39 is 5.97 Å². The highest BCUT2D eigenvalue weighted by Crippen LogP contribution is 2.38. The van der Waals surface area contributed by atoms with Gasteiger partial charge in [0.15, 0.2) is 0 Å². The maximum atomic E-state index is 12.9. The summed E-state index contributed by atoms with van der Waals surface area (Å²) in [4.78, 5) is 42.9. The highest BCUT2D eigenvalue weighted by molar-refractivity contribution is 8.00. The van der Waals surface area contributed by atoms with Crippen LogP contribution in [0.25, 0.3) is 0 Å². The van der Waals surface area contributed by atoms with Crippen LogP contribution in [-0.2, 0) is 29.0 Å². The molecule has 0 saturated heterocycles. The summed E-state index contributed by atoms with van der Waals surface area (Å²) in [6.07, 6.45) is 0.720. The monoisotopic (exact) mass is 577 g/mol. The van der Waals surface area contributed by atoms with Gasteiger partial charge in [0.1, 0.15) is 5.00 Å². The van der Waals surface area contributed by atoms with Crippen molar-refractivity contribution >= 4 is 62.9 Å². The Morgan fingerprint density at radius 3 is 2.64 bits per heavy atom. The number of nitrogens with one attached hydrogen (secondary N) is 2. The Morgan fingerprint density at radius 1 is 1.03 bits per heavy atom. The van der Waals surface area contributed by atoms with Crippen LogP contribution in [0.2, 0.25) is 0 Å². The van der Waals surface area contributed by atoms with Gasteiger partial charge in [-0.15, -0.1) is 34.4 Å². The third kappa shape index (κ3) is 6.77. The molecule has 0 radical (unpaired) electrons. The third-order valence-electron chi connectivity index (χ3n) is 6.23. The lowest BCUT2D eigenvalue weighted by Crippen LogP contribution is -2.29. The average Bonchev–Trinajstić information content (AvgIpc) is 3.60. The summed E-state index contributed by atoms with van der Waals surface area (Å²) >= 11 is 4.19. The van der Waals surface area contributed by atoms with Gasteiger partial charge in [0.25, 0.3) is 5.91 Å². The Morgan fingerprint density at radius 2 is 1.87 bits per heavy atom. The van der Waals surface area contributed by atoms with Gasteiger partial charge in [0, 0.05) is 35.1 Å². The summed E-state index contributed by atoms with van der Waals surface area (Å²) in [5, 5.41) is 8.24. The van der Waals surface area contributed by atoms with Crippen molar-refractivity contribution in [2.75, 3.05) is 30.0 Å². The fraction of sp³-hybridized carbons (Fsp3) is 0.207. The van der Waals surface area contributed by atoms with Crippen molar-refractivity contribution in [2.24, 2.45) is 0 Å². The number of carbonyl (C=O) groups is 3. The standard InChI is InChI=1S/C29H27N3O4S3/c1-36-29(35)26-22-12-13-32(16-19-7-3-2-4-8-19)17-24(22)39-28(26)31-25(33)18-38-21-10-5-9-20(15-21)30-27(34)23-11-6-14-37-23/h2-11,14-15H,12-13,16-18H2,1H3,(H,30,34)(H,31,33). The predicted octanol–water partition coefficient (Wildman–Crippen LogP) is 6.14. The molecule has 1 aliphatic rings. The molecule has 0 spiro atoms. The first-order valence-electron chi connectivity index (χ1n) is 12.4. The molecule has 2 N–H and O–H groups in total. The first-order chi connectivity index (χ1) is 19.0. The number of benzene rings is 2. The van der Waals surface area contributed by atoms with Crippen molar-refractivity contribution < 1.29 is 19.1 Å². The van der Waals surface area contributed by atoms with Crippen LogP contribution in [0.3, 0.4) is 0 Å². The molecule has 2 amide bonds. The number of methoxy groups -OCH3 is 1. The van der Waals surface area contributed by atoms with Gasteiger partial charge < -0.3 is 15.4 Å². The molecular formula is C29H27N3O4S3. The summed E-state index contributed by atoms with van der Waals surface area (Å²) in [5.74, 6) is -0.644. The number of anilines is 2. The van der Waals surface area contributed by atoms with Gasteiger partial charge in [0.2, 0.25) is 5.91 Å². The molecule has 2 aromatic heterocycles. The van der Waals surface area contributed by atoms with Crippen LogP contribution in [0.15, 0.2) is 77.0 Å². The molecule has 10 heteroatoms. The molecule has 0 bridgehead atoms. The van der Waals surface area contributed by atoms with Crippen LogP contribution < -0.4 is 10.6 Å². The molecule has 3 heterocycles. The molecule has 0 saturated carbocycles. The second-order valence-corrected chi connectivity index (χ2v) is 12.0. The number of hydrogen-bond donors (Lipinski definition) is 2. The van der Waals surface area contributed by atoms with Gasteiger partial charge in [-0.1, -0.05) is 42.5 Å². The maximum Gasteiger partial charge on any atom is 0.341 e. The van der Waals surface area contributed by atoms with Crippen LogP contribution in [0, 0.1) is 0 Å². The largest absolute Gasteiger partial charge is 0.465 e. The Balaban J connectivity index is 1.23. The number of thiophene rings is 2. The third-order valence-corrected chi connectivity index (χ3v) is 9.23. The Hall–Kier alpha value is -3.44. The topological polar surface area (TPSA) is 87.7 Å². The quantitative estimate of drug-likeness (QED) is 0.184. The smallest absolute Gasteiger partial charge is 0.341 e. The lowest BCUT2D eigenvalue weighted by Gasteiger charge is -2.27.